The Morgan fingerprint density at radius 3 is 2.75 bits per heavy atom. The maximum Gasteiger partial charge on any atom is 0.226 e. The van der Waals surface area contributed by atoms with Gasteiger partial charge in [-0.1, -0.05) is 17.4 Å². The molecule has 2 aliphatic carbocycles. The van der Waals surface area contributed by atoms with Crippen LogP contribution in [0.5, 0.6) is 0 Å². The zero-order chi connectivity index (χ0) is 13.5. The molecule has 2 fully saturated rings. The number of hydrogen-bond donors (Lipinski definition) is 0. The molecule has 2 heterocycles. The van der Waals surface area contributed by atoms with E-state index in [-0.39, 0.29) is 5.92 Å². The van der Waals surface area contributed by atoms with Crippen molar-refractivity contribution in [3.05, 3.63) is 24.0 Å². The van der Waals surface area contributed by atoms with Crippen molar-refractivity contribution in [2.45, 2.75) is 44.1 Å². The predicted octanol–water partition coefficient (Wildman–Crippen LogP) is 1.90. The fourth-order valence-corrected chi connectivity index (χ4v) is 3.11. The third kappa shape index (κ3) is 2.15. The van der Waals surface area contributed by atoms with Gasteiger partial charge in [-0.15, -0.1) is 5.10 Å². The highest BCUT2D eigenvalue weighted by molar-refractivity contribution is 5.80. The molecular weight excluding hydrogens is 252 g/mol. The van der Waals surface area contributed by atoms with Crippen LogP contribution >= 0.6 is 0 Å². The summed E-state index contributed by atoms with van der Waals surface area (Å²) in [5, 5.41) is 8.46. The smallest absolute Gasteiger partial charge is 0.226 e. The lowest BCUT2D eigenvalue weighted by Crippen LogP contribution is -2.52. The lowest BCUT2D eigenvalue weighted by atomic mass is 9.91. The fraction of sp³-hybridized carbons (Fsp3) is 0.667. The molecule has 1 amide bonds. The second kappa shape index (κ2) is 4.72. The monoisotopic (exact) mass is 272 g/mol. The summed E-state index contributed by atoms with van der Waals surface area (Å²) < 4.78 is 1.96. The largest absolute Gasteiger partial charge is 0.338 e. The first-order valence-corrected chi connectivity index (χ1v) is 7.67. The summed E-state index contributed by atoms with van der Waals surface area (Å²) in [4.78, 5) is 14.3. The van der Waals surface area contributed by atoms with Crippen LogP contribution in [0.1, 0.15) is 49.8 Å². The average molecular weight is 272 g/mol. The quantitative estimate of drug-likeness (QED) is 0.790. The van der Waals surface area contributed by atoms with Gasteiger partial charge in [0.1, 0.15) is 0 Å². The van der Waals surface area contributed by atoms with Crippen molar-refractivity contribution in [1.82, 2.24) is 19.9 Å². The Kier molecular flexibility index (Phi) is 2.86. The van der Waals surface area contributed by atoms with Gasteiger partial charge in [0.2, 0.25) is 5.91 Å². The van der Waals surface area contributed by atoms with Gasteiger partial charge in [0.25, 0.3) is 0 Å². The minimum atomic E-state index is 0.207. The van der Waals surface area contributed by atoms with Crippen LogP contribution in [0.15, 0.2) is 18.3 Å². The second-order valence-electron chi connectivity index (χ2n) is 6.28. The summed E-state index contributed by atoms with van der Waals surface area (Å²) in [5.41, 5.74) is 1.13. The Bertz CT molecular complexity index is 540. The first kappa shape index (κ1) is 12.1. The number of hydrogen-bond acceptors (Lipinski definition) is 3. The van der Waals surface area contributed by atoms with Gasteiger partial charge in [-0.2, -0.15) is 0 Å². The van der Waals surface area contributed by atoms with Crippen molar-refractivity contribution in [2.75, 3.05) is 13.1 Å². The fourth-order valence-electron chi connectivity index (χ4n) is 3.11. The van der Waals surface area contributed by atoms with Crippen LogP contribution < -0.4 is 0 Å². The summed E-state index contributed by atoms with van der Waals surface area (Å²) in [6.45, 7) is 1.60. The molecule has 0 aromatic carbocycles. The summed E-state index contributed by atoms with van der Waals surface area (Å²) in [6, 6.07) is 0.332. The van der Waals surface area contributed by atoms with E-state index in [0.29, 0.717) is 17.9 Å². The van der Waals surface area contributed by atoms with Crippen molar-refractivity contribution in [3.63, 3.8) is 0 Å². The van der Waals surface area contributed by atoms with Crippen LogP contribution in [0, 0.1) is 5.92 Å². The normalized spacial score (nSPS) is 26.6. The molecule has 1 saturated heterocycles. The van der Waals surface area contributed by atoms with Crippen LogP contribution in [0.4, 0.5) is 0 Å². The van der Waals surface area contributed by atoms with E-state index in [0.717, 1.165) is 38.0 Å². The van der Waals surface area contributed by atoms with Crippen molar-refractivity contribution in [1.29, 1.82) is 0 Å². The molecule has 4 rings (SSSR count). The minimum Gasteiger partial charge on any atom is -0.338 e. The lowest BCUT2D eigenvalue weighted by Gasteiger charge is -2.40. The van der Waals surface area contributed by atoms with E-state index < -0.39 is 0 Å². The number of nitrogens with zero attached hydrogens (tertiary/aromatic N) is 4. The molecule has 0 spiro atoms. The Morgan fingerprint density at radius 1 is 1.20 bits per heavy atom. The molecule has 0 unspecified atom stereocenters. The molecule has 0 radical (unpaired) electrons. The Morgan fingerprint density at radius 2 is 2.05 bits per heavy atom. The molecule has 0 N–H and O–H groups in total. The molecule has 1 atom stereocenters. The number of amides is 1. The molecule has 1 aromatic heterocycles. The summed E-state index contributed by atoms with van der Waals surface area (Å²) >= 11 is 0. The maximum atomic E-state index is 12.3. The SMILES string of the molecule is O=C([C@@H]1CC=CCC1)N1CC(n2cc(C3CC3)nn2)C1. The third-order valence-electron chi connectivity index (χ3n) is 4.69. The number of likely N-dealkylation sites (tertiary alicyclic amines) is 1. The van der Waals surface area contributed by atoms with E-state index in [1.807, 2.05) is 9.58 Å². The molecule has 20 heavy (non-hydrogen) atoms. The van der Waals surface area contributed by atoms with Gasteiger partial charge in [-0.25, -0.2) is 4.68 Å². The topological polar surface area (TPSA) is 51.0 Å². The van der Waals surface area contributed by atoms with Crippen LogP contribution in [-0.2, 0) is 4.79 Å². The number of carbonyl (C=O) groups is 1. The maximum absolute atomic E-state index is 12.3. The van der Waals surface area contributed by atoms with E-state index in [9.17, 15) is 4.79 Å². The van der Waals surface area contributed by atoms with Crippen LogP contribution in [0.25, 0.3) is 0 Å². The van der Waals surface area contributed by atoms with Crippen LogP contribution in [-0.4, -0.2) is 38.9 Å². The van der Waals surface area contributed by atoms with Gasteiger partial charge in [0.05, 0.1) is 11.7 Å². The molecule has 5 heteroatoms. The highest BCUT2D eigenvalue weighted by Crippen LogP contribution is 2.39. The zero-order valence-corrected chi connectivity index (χ0v) is 11.6. The van der Waals surface area contributed by atoms with Crippen LogP contribution in [0.2, 0.25) is 0 Å². The Labute approximate surface area is 118 Å². The molecule has 1 aromatic rings. The Hall–Kier alpha value is -1.65. The van der Waals surface area contributed by atoms with Crippen molar-refractivity contribution >= 4 is 5.91 Å². The number of allylic oxidation sites excluding steroid dienone is 2. The van der Waals surface area contributed by atoms with E-state index in [4.69, 9.17) is 0 Å². The summed E-state index contributed by atoms with van der Waals surface area (Å²) in [7, 11) is 0. The van der Waals surface area contributed by atoms with E-state index in [1.54, 1.807) is 0 Å². The first-order valence-electron chi connectivity index (χ1n) is 7.67. The highest BCUT2D eigenvalue weighted by atomic mass is 16.2. The van der Waals surface area contributed by atoms with Crippen molar-refractivity contribution in [3.8, 4) is 0 Å². The van der Waals surface area contributed by atoms with Crippen molar-refractivity contribution in [2.24, 2.45) is 5.92 Å². The Balaban J connectivity index is 1.34. The molecule has 106 valence electrons. The summed E-state index contributed by atoms with van der Waals surface area (Å²) in [5.74, 6) is 1.18. The van der Waals surface area contributed by atoms with E-state index >= 15 is 0 Å². The molecule has 3 aliphatic rings. The third-order valence-corrected chi connectivity index (χ3v) is 4.69. The number of rotatable bonds is 3. The van der Waals surface area contributed by atoms with Gasteiger partial charge < -0.3 is 4.90 Å². The minimum absolute atomic E-state index is 0.207. The standard InChI is InChI=1S/C15H20N4O/c20-15(12-4-2-1-3-5-12)18-8-13(9-18)19-10-14(16-17-19)11-6-7-11/h1-2,10-13H,3-9H2/t12-/m1/s1. The molecular formula is C15H20N4O. The molecule has 5 nitrogen and oxygen atoms in total. The number of carbonyl (C=O) groups excluding carboxylic acids is 1. The average Bonchev–Trinajstić information content (AvgIpc) is 3.18. The number of aromatic nitrogens is 3. The van der Waals surface area contributed by atoms with Crippen molar-refractivity contribution < 1.29 is 4.79 Å². The predicted molar refractivity (Wildman–Crippen MR) is 74.1 cm³/mol. The second-order valence-corrected chi connectivity index (χ2v) is 6.28. The van der Waals surface area contributed by atoms with E-state index in [1.165, 1.54) is 12.8 Å². The molecule has 1 aliphatic heterocycles. The zero-order valence-electron chi connectivity index (χ0n) is 11.6. The first-order chi connectivity index (χ1) is 9.81. The summed E-state index contributed by atoms with van der Waals surface area (Å²) in [6.07, 6.45) is 11.9. The lowest BCUT2D eigenvalue weighted by molar-refractivity contribution is -0.141. The van der Waals surface area contributed by atoms with Gasteiger partial charge in [0, 0.05) is 31.1 Å². The van der Waals surface area contributed by atoms with Gasteiger partial charge in [0.15, 0.2) is 0 Å². The van der Waals surface area contributed by atoms with Gasteiger partial charge in [-0.3, -0.25) is 4.79 Å². The highest BCUT2D eigenvalue weighted by Gasteiger charge is 2.36. The van der Waals surface area contributed by atoms with Crippen LogP contribution in [0.3, 0.4) is 0 Å². The van der Waals surface area contributed by atoms with Gasteiger partial charge >= 0.3 is 0 Å². The molecule has 0 bridgehead atoms. The van der Waals surface area contributed by atoms with Gasteiger partial charge in [-0.05, 0) is 32.1 Å². The van der Waals surface area contributed by atoms with E-state index in [2.05, 4.69) is 28.7 Å². The molecule has 1 saturated carbocycles.